The molecule has 0 amide bonds. The van der Waals surface area contributed by atoms with Gasteiger partial charge in [0.2, 0.25) is 0 Å². The van der Waals surface area contributed by atoms with Gasteiger partial charge in [-0.15, -0.1) is 0 Å². The predicted molar refractivity (Wildman–Crippen MR) is 102 cm³/mol. The molecule has 9 heteroatoms. The number of aromatic nitrogens is 4. The highest BCUT2D eigenvalue weighted by molar-refractivity contribution is 5.58. The molecule has 0 bridgehead atoms. The molecule has 28 heavy (non-hydrogen) atoms. The zero-order valence-electron chi connectivity index (χ0n) is 15.6. The second-order valence-electron chi connectivity index (χ2n) is 7.10. The van der Waals surface area contributed by atoms with Crippen molar-refractivity contribution < 1.29 is 13.5 Å². The van der Waals surface area contributed by atoms with Crippen LogP contribution in [-0.4, -0.2) is 59.0 Å². The standard InChI is InChI=1S/C19H22F2N6O/c1-12-24-7-16(27(12)9-15(22-2)18(20)21)19-23-5-3-17(25-19)26-6-4-13(8-26)14-10-28-11-14/h3,5,7,9,13-14,18H,2,4,6,8,10-11H2,1H3/b15-9-. The molecule has 2 aliphatic rings. The van der Waals surface area contributed by atoms with Gasteiger partial charge < -0.3 is 9.64 Å². The molecule has 7 nitrogen and oxygen atoms in total. The average Bonchev–Trinajstić information content (AvgIpc) is 3.25. The summed E-state index contributed by atoms with van der Waals surface area (Å²) in [5.74, 6) is 3.06. The zero-order chi connectivity index (χ0) is 19.7. The Morgan fingerprint density at radius 3 is 2.86 bits per heavy atom. The Morgan fingerprint density at radius 2 is 2.18 bits per heavy atom. The van der Waals surface area contributed by atoms with E-state index in [1.54, 1.807) is 19.3 Å². The van der Waals surface area contributed by atoms with Crippen LogP contribution in [0.5, 0.6) is 0 Å². The van der Waals surface area contributed by atoms with Crippen LogP contribution in [0, 0.1) is 18.8 Å². The monoisotopic (exact) mass is 388 g/mol. The van der Waals surface area contributed by atoms with Gasteiger partial charge in [-0.2, -0.15) is 0 Å². The fourth-order valence-corrected chi connectivity index (χ4v) is 3.64. The highest BCUT2D eigenvalue weighted by atomic mass is 19.3. The number of imidazole rings is 1. The van der Waals surface area contributed by atoms with E-state index in [9.17, 15) is 8.78 Å². The van der Waals surface area contributed by atoms with Gasteiger partial charge in [0.15, 0.2) is 5.82 Å². The van der Waals surface area contributed by atoms with E-state index in [4.69, 9.17) is 4.74 Å². The molecule has 0 aromatic carbocycles. The maximum absolute atomic E-state index is 13.1. The van der Waals surface area contributed by atoms with E-state index in [-0.39, 0.29) is 0 Å². The summed E-state index contributed by atoms with van der Waals surface area (Å²) in [6.45, 7) is 8.52. The summed E-state index contributed by atoms with van der Waals surface area (Å²) < 4.78 is 33.0. The summed E-state index contributed by atoms with van der Waals surface area (Å²) in [5.41, 5.74) is 0.105. The number of rotatable bonds is 6. The van der Waals surface area contributed by atoms with E-state index >= 15 is 0 Å². The first kappa shape index (κ1) is 18.7. The molecule has 2 aromatic rings. The number of hydrogen-bond donors (Lipinski definition) is 0. The molecular formula is C19H22F2N6O. The van der Waals surface area contributed by atoms with E-state index in [2.05, 4.69) is 31.6 Å². The van der Waals surface area contributed by atoms with Crippen molar-refractivity contribution in [3.05, 3.63) is 30.0 Å². The fraction of sp³-hybridized carbons (Fsp3) is 0.474. The van der Waals surface area contributed by atoms with Crippen LogP contribution in [0.15, 0.2) is 29.1 Å². The van der Waals surface area contributed by atoms with Crippen molar-refractivity contribution in [1.29, 1.82) is 0 Å². The highest BCUT2D eigenvalue weighted by Crippen LogP contribution is 2.32. The first-order valence-electron chi connectivity index (χ1n) is 9.23. The lowest BCUT2D eigenvalue weighted by atomic mass is 9.90. The van der Waals surface area contributed by atoms with Crippen LogP contribution >= 0.6 is 0 Å². The summed E-state index contributed by atoms with van der Waals surface area (Å²) in [6, 6.07) is 1.88. The number of alkyl halides is 2. The van der Waals surface area contributed by atoms with Crippen molar-refractivity contribution in [1.82, 2.24) is 19.5 Å². The molecule has 0 N–H and O–H groups in total. The van der Waals surface area contributed by atoms with Gasteiger partial charge >= 0.3 is 0 Å². The summed E-state index contributed by atoms with van der Waals surface area (Å²) >= 11 is 0. The van der Waals surface area contributed by atoms with Crippen molar-refractivity contribution in [2.24, 2.45) is 16.8 Å². The summed E-state index contributed by atoms with van der Waals surface area (Å²) in [7, 11) is 0. The van der Waals surface area contributed by atoms with Crippen molar-refractivity contribution in [2.45, 2.75) is 19.8 Å². The van der Waals surface area contributed by atoms with Crippen LogP contribution in [0.4, 0.5) is 14.6 Å². The van der Waals surface area contributed by atoms with Gasteiger partial charge in [-0.1, -0.05) is 0 Å². The Bertz CT molecular complexity index is 892. The van der Waals surface area contributed by atoms with Gasteiger partial charge in [-0.05, 0) is 32.0 Å². The number of nitrogens with zero attached hydrogens (tertiary/aromatic N) is 6. The first-order valence-corrected chi connectivity index (χ1v) is 9.23. The molecule has 2 saturated heterocycles. The largest absolute Gasteiger partial charge is 0.381 e. The van der Waals surface area contributed by atoms with Crippen LogP contribution in [0.3, 0.4) is 0 Å². The van der Waals surface area contributed by atoms with E-state index in [1.165, 1.54) is 10.8 Å². The smallest absolute Gasteiger partial charge is 0.281 e. The lowest BCUT2D eigenvalue weighted by Gasteiger charge is -2.31. The van der Waals surface area contributed by atoms with Crippen LogP contribution < -0.4 is 4.90 Å². The van der Waals surface area contributed by atoms with E-state index < -0.39 is 12.1 Å². The molecule has 1 unspecified atom stereocenters. The second kappa shape index (κ2) is 7.75. The molecule has 4 rings (SSSR count). The van der Waals surface area contributed by atoms with Gasteiger partial charge in [-0.3, -0.25) is 9.56 Å². The van der Waals surface area contributed by atoms with Crippen LogP contribution in [0.2, 0.25) is 0 Å². The van der Waals surface area contributed by atoms with Crippen LogP contribution in [-0.2, 0) is 4.74 Å². The Morgan fingerprint density at radius 1 is 1.36 bits per heavy atom. The highest BCUT2D eigenvalue weighted by Gasteiger charge is 2.34. The molecule has 2 aromatic heterocycles. The quantitative estimate of drug-likeness (QED) is 0.712. The molecule has 1 atom stereocenters. The topological polar surface area (TPSA) is 68.4 Å². The minimum absolute atomic E-state index is 0.427. The number of ether oxygens (including phenoxy) is 1. The molecular weight excluding hydrogens is 366 g/mol. The number of allylic oxidation sites excluding steroid dienone is 1. The maximum Gasteiger partial charge on any atom is 0.281 e. The molecule has 148 valence electrons. The molecule has 0 aliphatic carbocycles. The number of halogens is 2. The molecule has 2 aliphatic heterocycles. The van der Waals surface area contributed by atoms with E-state index in [0.29, 0.717) is 29.2 Å². The SMILES string of the molecule is C=N/C(=C\n1c(-c2nccc(N3CCC(C4COC4)C3)n2)cnc1C)C(F)F. The zero-order valence-corrected chi connectivity index (χ0v) is 15.6. The number of anilines is 1. The fourth-order valence-electron chi connectivity index (χ4n) is 3.64. The first-order chi connectivity index (χ1) is 13.6. The summed E-state index contributed by atoms with van der Waals surface area (Å²) in [5, 5.41) is 0. The van der Waals surface area contributed by atoms with Crippen molar-refractivity contribution in [3.63, 3.8) is 0 Å². The molecule has 2 fully saturated rings. The van der Waals surface area contributed by atoms with Gasteiger partial charge in [-0.25, -0.2) is 23.7 Å². The van der Waals surface area contributed by atoms with Crippen molar-refractivity contribution in [2.75, 3.05) is 31.2 Å². The average molecular weight is 388 g/mol. The Balaban J connectivity index is 1.61. The lowest BCUT2D eigenvalue weighted by molar-refractivity contribution is -0.0562. The predicted octanol–water partition coefficient (Wildman–Crippen LogP) is 2.89. The van der Waals surface area contributed by atoms with Gasteiger partial charge in [0.05, 0.1) is 19.4 Å². The van der Waals surface area contributed by atoms with Crippen LogP contribution in [0.25, 0.3) is 17.7 Å². The second-order valence-corrected chi connectivity index (χ2v) is 7.10. The Labute approximate surface area is 161 Å². The minimum atomic E-state index is -2.73. The van der Waals surface area contributed by atoms with Crippen molar-refractivity contribution in [3.8, 4) is 11.5 Å². The molecule has 0 saturated carbocycles. The third-order valence-corrected chi connectivity index (χ3v) is 5.40. The lowest BCUT2D eigenvalue weighted by Crippen LogP contribution is -2.36. The van der Waals surface area contributed by atoms with Crippen molar-refractivity contribution >= 4 is 18.7 Å². The number of hydrogen-bond acceptors (Lipinski definition) is 6. The number of aryl methyl sites for hydroxylation is 1. The molecule has 0 radical (unpaired) electrons. The minimum Gasteiger partial charge on any atom is -0.381 e. The normalized spacial score (nSPS) is 20.6. The third-order valence-electron chi connectivity index (χ3n) is 5.40. The molecule has 4 heterocycles. The van der Waals surface area contributed by atoms with E-state index in [1.807, 2.05) is 6.07 Å². The summed E-state index contributed by atoms with van der Waals surface area (Å²) in [6.07, 6.45) is 2.89. The Kier molecular flexibility index (Phi) is 5.17. The maximum atomic E-state index is 13.1. The molecule has 0 spiro atoms. The van der Waals surface area contributed by atoms with Gasteiger partial charge in [0.25, 0.3) is 6.43 Å². The summed E-state index contributed by atoms with van der Waals surface area (Å²) in [4.78, 5) is 18.9. The Hall–Kier alpha value is -2.68. The van der Waals surface area contributed by atoms with E-state index in [0.717, 1.165) is 38.5 Å². The van der Waals surface area contributed by atoms with Crippen LogP contribution in [0.1, 0.15) is 12.2 Å². The number of aliphatic imine (C=N–C) groups is 1. The van der Waals surface area contributed by atoms with Gasteiger partial charge in [0, 0.05) is 31.4 Å². The third kappa shape index (κ3) is 3.54. The van der Waals surface area contributed by atoms with Gasteiger partial charge in [0.1, 0.15) is 23.0 Å².